The van der Waals surface area contributed by atoms with Crippen LogP contribution in [-0.4, -0.2) is 24.5 Å². The van der Waals surface area contributed by atoms with Crippen LogP contribution in [0.25, 0.3) is 0 Å². The molecule has 4 nitrogen and oxygen atoms in total. The molecule has 0 spiro atoms. The normalized spacial score (nSPS) is 16.6. The van der Waals surface area contributed by atoms with Gasteiger partial charge in [0.15, 0.2) is 0 Å². The molecule has 3 N–H and O–H groups in total. The standard InChI is InChI=1S/C15H22FN3O.2ClH/c1-10(2)18-13-6-5-11(16)8-14(13)19-15(20)9-12-4-3-7-17-12;;/h5-6,8,10,12,17-18H,3-4,7,9H2,1-2H3,(H,19,20);2*1H. The highest BCUT2D eigenvalue weighted by atomic mass is 35.5. The second kappa shape index (κ2) is 9.87. The Bertz CT molecular complexity index is 480. The first kappa shape index (κ1) is 21.0. The molecule has 0 aromatic heterocycles. The fourth-order valence-electron chi connectivity index (χ4n) is 2.41. The topological polar surface area (TPSA) is 53.2 Å². The molecular weight excluding hydrogens is 328 g/mol. The number of nitrogens with one attached hydrogen (secondary N) is 3. The van der Waals surface area contributed by atoms with Gasteiger partial charge in [0, 0.05) is 18.5 Å². The average Bonchev–Trinajstić information content (AvgIpc) is 2.84. The molecule has 126 valence electrons. The summed E-state index contributed by atoms with van der Waals surface area (Å²) in [6, 6.07) is 4.85. The third kappa shape index (κ3) is 6.38. The summed E-state index contributed by atoms with van der Waals surface area (Å²) >= 11 is 0. The molecule has 1 aliphatic rings. The summed E-state index contributed by atoms with van der Waals surface area (Å²) in [6.07, 6.45) is 2.56. The smallest absolute Gasteiger partial charge is 0.225 e. The summed E-state index contributed by atoms with van der Waals surface area (Å²) in [6.45, 7) is 4.97. The van der Waals surface area contributed by atoms with Crippen LogP contribution in [0.2, 0.25) is 0 Å². The third-order valence-electron chi connectivity index (χ3n) is 3.29. The molecule has 1 aromatic carbocycles. The van der Waals surface area contributed by atoms with Crippen molar-refractivity contribution in [3.05, 3.63) is 24.0 Å². The molecule has 1 aromatic rings. The third-order valence-corrected chi connectivity index (χ3v) is 3.29. The van der Waals surface area contributed by atoms with E-state index in [2.05, 4.69) is 16.0 Å². The van der Waals surface area contributed by atoms with Gasteiger partial charge in [-0.2, -0.15) is 0 Å². The predicted molar refractivity (Wildman–Crippen MR) is 93.9 cm³/mol. The zero-order valence-electron chi connectivity index (χ0n) is 12.8. The SMILES string of the molecule is CC(C)Nc1ccc(F)cc1NC(=O)CC1CCCN1.Cl.Cl. The van der Waals surface area contributed by atoms with Gasteiger partial charge in [-0.3, -0.25) is 4.79 Å². The molecule has 0 saturated carbocycles. The molecule has 1 atom stereocenters. The number of carbonyl (C=O) groups excluding carboxylic acids is 1. The van der Waals surface area contributed by atoms with Crippen LogP contribution >= 0.6 is 24.8 Å². The van der Waals surface area contributed by atoms with Crippen molar-refractivity contribution < 1.29 is 9.18 Å². The highest BCUT2D eigenvalue weighted by molar-refractivity contribution is 5.94. The maximum Gasteiger partial charge on any atom is 0.225 e. The molecule has 7 heteroatoms. The van der Waals surface area contributed by atoms with E-state index in [1.54, 1.807) is 6.07 Å². The zero-order chi connectivity index (χ0) is 14.5. The van der Waals surface area contributed by atoms with Crippen molar-refractivity contribution >= 4 is 42.1 Å². The second-order valence-electron chi connectivity index (χ2n) is 5.53. The summed E-state index contributed by atoms with van der Waals surface area (Å²) in [5.41, 5.74) is 1.25. The molecule has 1 saturated heterocycles. The van der Waals surface area contributed by atoms with Gasteiger partial charge < -0.3 is 16.0 Å². The molecule has 1 aliphatic heterocycles. The fraction of sp³-hybridized carbons (Fsp3) is 0.533. The lowest BCUT2D eigenvalue weighted by Gasteiger charge is -2.16. The molecule has 1 fully saturated rings. The van der Waals surface area contributed by atoms with Crippen molar-refractivity contribution in [3.63, 3.8) is 0 Å². The van der Waals surface area contributed by atoms with E-state index in [1.165, 1.54) is 12.1 Å². The Balaban J connectivity index is 0.00000220. The number of benzene rings is 1. The number of rotatable bonds is 5. The monoisotopic (exact) mass is 351 g/mol. The fourth-order valence-corrected chi connectivity index (χ4v) is 2.41. The van der Waals surface area contributed by atoms with Crippen LogP contribution < -0.4 is 16.0 Å². The first-order valence-corrected chi connectivity index (χ1v) is 7.14. The van der Waals surface area contributed by atoms with Gasteiger partial charge in [-0.25, -0.2) is 4.39 Å². The van der Waals surface area contributed by atoms with E-state index < -0.39 is 0 Å². The van der Waals surface area contributed by atoms with Crippen molar-refractivity contribution in [2.45, 2.75) is 45.2 Å². The Labute approximate surface area is 143 Å². The van der Waals surface area contributed by atoms with Crippen molar-refractivity contribution in [1.82, 2.24) is 5.32 Å². The number of halogens is 3. The van der Waals surface area contributed by atoms with E-state index in [0.717, 1.165) is 25.1 Å². The minimum Gasteiger partial charge on any atom is -0.381 e. The first-order valence-electron chi connectivity index (χ1n) is 7.14. The van der Waals surface area contributed by atoms with E-state index in [1.807, 2.05) is 13.8 Å². The van der Waals surface area contributed by atoms with Gasteiger partial charge in [0.1, 0.15) is 5.82 Å². The van der Waals surface area contributed by atoms with Crippen molar-refractivity contribution in [3.8, 4) is 0 Å². The van der Waals surface area contributed by atoms with E-state index >= 15 is 0 Å². The van der Waals surface area contributed by atoms with E-state index in [0.29, 0.717) is 12.1 Å². The van der Waals surface area contributed by atoms with Gasteiger partial charge >= 0.3 is 0 Å². The number of amides is 1. The van der Waals surface area contributed by atoms with Crippen LogP contribution in [0.1, 0.15) is 33.1 Å². The molecule has 2 rings (SSSR count). The van der Waals surface area contributed by atoms with E-state index in [9.17, 15) is 9.18 Å². The lowest BCUT2D eigenvalue weighted by Crippen LogP contribution is -2.27. The number of hydrogen-bond donors (Lipinski definition) is 3. The van der Waals surface area contributed by atoms with Gasteiger partial charge in [0.2, 0.25) is 5.91 Å². The quantitative estimate of drug-likeness (QED) is 0.759. The van der Waals surface area contributed by atoms with Crippen LogP contribution in [0, 0.1) is 5.82 Å². The number of anilines is 2. The zero-order valence-corrected chi connectivity index (χ0v) is 14.5. The maximum atomic E-state index is 13.3. The molecule has 22 heavy (non-hydrogen) atoms. The molecule has 0 aliphatic carbocycles. The van der Waals surface area contributed by atoms with Gasteiger partial charge in [0.05, 0.1) is 11.4 Å². The molecule has 1 unspecified atom stereocenters. The van der Waals surface area contributed by atoms with Gasteiger partial charge in [-0.1, -0.05) is 0 Å². The minimum absolute atomic E-state index is 0. The Hall–Kier alpha value is -1.04. The number of hydrogen-bond acceptors (Lipinski definition) is 3. The molecule has 0 bridgehead atoms. The van der Waals surface area contributed by atoms with Gasteiger partial charge in [-0.05, 0) is 51.4 Å². The minimum atomic E-state index is -0.353. The largest absolute Gasteiger partial charge is 0.381 e. The van der Waals surface area contributed by atoms with Crippen LogP contribution in [-0.2, 0) is 4.79 Å². The lowest BCUT2D eigenvalue weighted by atomic mass is 10.1. The summed E-state index contributed by atoms with van der Waals surface area (Å²) in [5, 5.41) is 9.29. The highest BCUT2D eigenvalue weighted by Crippen LogP contribution is 2.24. The van der Waals surface area contributed by atoms with Crippen molar-refractivity contribution in [2.24, 2.45) is 0 Å². The lowest BCUT2D eigenvalue weighted by molar-refractivity contribution is -0.116. The Morgan fingerprint density at radius 2 is 2.09 bits per heavy atom. The second-order valence-corrected chi connectivity index (χ2v) is 5.53. The summed E-state index contributed by atoms with van der Waals surface area (Å²) in [4.78, 5) is 12.0. The maximum absolute atomic E-state index is 13.3. The summed E-state index contributed by atoms with van der Waals surface area (Å²) in [5.74, 6) is -0.435. The van der Waals surface area contributed by atoms with E-state index in [-0.39, 0.29) is 48.6 Å². The average molecular weight is 352 g/mol. The Kier molecular flexibility index (Phi) is 9.41. The van der Waals surface area contributed by atoms with Crippen LogP contribution in [0.4, 0.5) is 15.8 Å². The van der Waals surface area contributed by atoms with Crippen LogP contribution in [0.15, 0.2) is 18.2 Å². The Morgan fingerprint density at radius 3 is 2.68 bits per heavy atom. The molecular formula is C15H24Cl2FN3O. The molecule has 1 heterocycles. The van der Waals surface area contributed by atoms with Gasteiger partial charge in [0.25, 0.3) is 0 Å². The number of carbonyl (C=O) groups is 1. The van der Waals surface area contributed by atoms with E-state index in [4.69, 9.17) is 0 Å². The summed E-state index contributed by atoms with van der Waals surface area (Å²) < 4.78 is 13.3. The van der Waals surface area contributed by atoms with Crippen LogP contribution in [0.5, 0.6) is 0 Å². The highest BCUT2D eigenvalue weighted by Gasteiger charge is 2.18. The van der Waals surface area contributed by atoms with Crippen molar-refractivity contribution in [2.75, 3.05) is 17.2 Å². The Morgan fingerprint density at radius 1 is 1.36 bits per heavy atom. The molecule has 1 amide bonds. The first-order chi connectivity index (χ1) is 9.54. The van der Waals surface area contributed by atoms with Gasteiger partial charge in [-0.15, -0.1) is 24.8 Å². The summed E-state index contributed by atoms with van der Waals surface area (Å²) in [7, 11) is 0. The molecule has 0 radical (unpaired) electrons. The predicted octanol–water partition coefficient (Wildman–Crippen LogP) is 3.57. The van der Waals surface area contributed by atoms with Crippen molar-refractivity contribution in [1.29, 1.82) is 0 Å². The van der Waals surface area contributed by atoms with Crippen LogP contribution in [0.3, 0.4) is 0 Å².